The highest BCUT2D eigenvalue weighted by atomic mass is 31.2. The van der Waals surface area contributed by atoms with E-state index in [0.717, 1.165) is 96.3 Å². The van der Waals surface area contributed by atoms with Gasteiger partial charge in [0.15, 0.2) is 6.10 Å². The van der Waals surface area contributed by atoms with Crippen molar-refractivity contribution < 1.29 is 42.1 Å². The monoisotopic (exact) mass is 1110 g/mol. The molecule has 450 valence electrons. The van der Waals surface area contributed by atoms with Crippen molar-refractivity contribution in [3.63, 3.8) is 0 Å². The molecule has 0 aromatic rings. The molecular formula is C68H121NO8P+. The molecule has 0 radical (unpaired) electrons. The van der Waals surface area contributed by atoms with Gasteiger partial charge in [0.2, 0.25) is 0 Å². The lowest BCUT2D eigenvalue weighted by Crippen LogP contribution is -2.37. The van der Waals surface area contributed by atoms with Gasteiger partial charge in [-0.2, -0.15) is 0 Å². The predicted molar refractivity (Wildman–Crippen MR) is 335 cm³/mol. The van der Waals surface area contributed by atoms with Crippen LogP contribution in [0.3, 0.4) is 0 Å². The summed E-state index contributed by atoms with van der Waals surface area (Å²) in [4.78, 5) is 35.6. The third-order valence-electron chi connectivity index (χ3n) is 13.6. The maximum atomic E-state index is 12.8. The molecule has 2 atom stereocenters. The van der Waals surface area contributed by atoms with E-state index in [2.05, 4.69) is 111 Å². The van der Waals surface area contributed by atoms with Crippen LogP contribution in [0.25, 0.3) is 0 Å². The molecule has 0 bridgehead atoms. The van der Waals surface area contributed by atoms with Crippen molar-refractivity contribution in [2.75, 3.05) is 47.5 Å². The smallest absolute Gasteiger partial charge is 0.462 e. The first-order valence-electron chi connectivity index (χ1n) is 32.0. The van der Waals surface area contributed by atoms with Crippen molar-refractivity contribution >= 4 is 19.8 Å². The normalized spacial score (nSPS) is 13.9. The first-order valence-corrected chi connectivity index (χ1v) is 33.5. The maximum Gasteiger partial charge on any atom is 0.472 e. The molecule has 0 saturated carbocycles. The molecule has 1 N–H and O–H groups in total. The van der Waals surface area contributed by atoms with Crippen LogP contribution in [0.5, 0.6) is 0 Å². The first-order chi connectivity index (χ1) is 38.0. The van der Waals surface area contributed by atoms with Crippen LogP contribution in [0, 0.1) is 0 Å². The fourth-order valence-electron chi connectivity index (χ4n) is 8.70. The Bertz CT molecular complexity index is 1640. The lowest BCUT2D eigenvalue weighted by molar-refractivity contribution is -0.870. The highest BCUT2D eigenvalue weighted by molar-refractivity contribution is 7.47. The Kier molecular flexibility index (Phi) is 56.3. The Morgan fingerprint density at radius 2 is 0.731 bits per heavy atom. The van der Waals surface area contributed by atoms with E-state index in [9.17, 15) is 19.0 Å². The van der Waals surface area contributed by atoms with Crippen LogP contribution in [-0.2, 0) is 32.7 Å². The number of unbranched alkanes of at least 4 members (excludes halogenated alkanes) is 28. The molecule has 0 rings (SSSR count). The van der Waals surface area contributed by atoms with E-state index >= 15 is 0 Å². The van der Waals surface area contributed by atoms with Crippen molar-refractivity contribution in [2.45, 2.75) is 277 Å². The number of hydrogen-bond donors (Lipinski definition) is 1. The number of rotatable bonds is 58. The summed E-state index contributed by atoms with van der Waals surface area (Å²) in [6, 6.07) is 0. The van der Waals surface area contributed by atoms with Crippen LogP contribution in [-0.4, -0.2) is 74.9 Å². The van der Waals surface area contributed by atoms with Gasteiger partial charge in [0.25, 0.3) is 0 Å². The third-order valence-corrected chi connectivity index (χ3v) is 14.6. The highest BCUT2D eigenvalue weighted by Gasteiger charge is 2.27. The van der Waals surface area contributed by atoms with Crippen molar-refractivity contribution in [1.82, 2.24) is 0 Å². The van der Waals surface area contributed by atoms with Crippen LogP contribution in [0.2, 0.25) is 0 Å². The lowest BCUT2D eigenvalue weighted by atomic mass is 10.0. The van der Waals surface area contributed by atoms with Gasteiger partial charge in [0.1, 0.15) is 19.8 Å². The van der Waals surface area contributed by atoms with E-state index < -0.39 is 26.5 Å². The zero-order chi connectivity index (χ0) is 57.0. The average molecular weight is 1110 g/mol. The van der Waals surface area contributed by atoms with Gasteiger partial charge in [-0.25, -0.2) is 4.57 Å². The summed E-state index contributed by atoms with van der Waals surface area (Å²) in [7, 11) is 1.47. The number of esters is 2. The minimum Gasteiger partial charge on any atom is -0.462 e. The molecule has 0 saturated heterocycles. The summed E-state index contributed by atoms with van der Waals surface area (Å²) < 4.78 is 34.5. The van der Waals surface area contributed by atoms with Gasteiger partial charge in [0.05, 0.1) is 27.7 Å². The molecule has 78 heavy (non-hydrogen) atoms. The molecule has 9 nitrogen and oxygen atoms in total. The summed E-state index contributed by atoms with van der Waals surface area (Å²) >= 11 is 0. The van der Waals surface area contributed by atoms with Crippen LogP contribution in [0.1, 0.15) is 271 Å². The van der Waals surface area contributed by atoms with E-state index in [1.54, 1.807) is 0 Å². The van der Waals surface area contributed by atoms with Crippen LogP contribution in [0.4, 0.5) is 0 Å². The number of likely N-dealkylation sites (N-methyl/N-ethyl adjacent to an activating group) is 1. The second-order valence-electron chi connectivity index (χ2n) is 22.4. The largest absolute Gasteiger partial charge is 0.472 e. The molecule has 2 unspecified atom stereocenters. The number of phosphoric ester groups is 1. The van der Waals surface area contributed by atoms with E-state index in [1.165, 1.54) is 141 Å². The number of carbonyl (C=O) groups is 2. The van der Waals surface area contributed by atoms with Crippen molar-refractivity contribution in [3.05, 3.63) is 97.2 Å². The second-order valence-corrected chi connectivity index (χ2v) is 23.9. The number of phosphoric acid groups is 1. The van der Waals surface area contributed by atoms with Gasteiger partial charge in [-0.15, -0.1) is 0 Å². The first kappa shape index (κ1) is 74.9. The topological polar surface area (TPSA) is 108 Å². The van der Waals surface area contributed by atoms with Gasteiger partial charge in [0, 0.05) is 12.8 Å². The Hall–Kier alpha value is -3.07. The minimum atomic E-state index is -4.39. The predicted octanol–water partition coefficient (Wildman–Crippen LogP) is 20.4. The molecule has 0 heterocycles. The van der Waals surface area contributed by atoms with E-state index in [1.807, 2.05) is 21.1 Å². The SMILES string of the molecule is CC/C=C\C/C=C\C/C=C\C/C=C\C/C=C\C/C=C\C/C=C\CCCCCCCCCCCCCCCCCCCCCC(=O)OC(COC(=O)CCCCCCC/C=C\CCCCCC)COP(=O)(O)OCC[N+](C)(C)C. The molecule has 0 fully saturated rings. The van der Waals surface area contributed by atoms with Crippen LogP contribution < -0.4 is 0 Å². The number of carbonyl (C=O) groups excluding carboxylic acids is 2. The third kappa shape index (κ3) is 62.1. The van der Waals surface area contributed by atoms with Gasteiger partial charge < -0.3 is 18.9 Å². The molecule has 0 aromatic heterocycles. The molecule has 0 spiro atoms. The molecular weight excluding hydrogens is 990 g/mol. The van der Waals surface area contributed by atoms with Crippen molar-refractivity contribution in [1.29, 1.82) is 0 Å². The van der Waals surface area contributed by atoms with E-state index in [4.69, 9.17) is 18.5 Å². The molecule has 0 aliphatic heterocycles. The summed E-state index contributed by atoms with van der Waals surface area (Å²) in [6.45, 7) is 4.30. The number of ether oxygens (including phenoxy) is 2. The summed E-state index contributed by atoms with van der Waals surface area (Å²) in [5.41, 5.74) is 0. The summed E-state index contributed by atoms with van der Waals surface area (Å²) in [5.74, 6) is -0.802. The highest BCUT2D eigenvalue weighted by Crippen LogP contribution is 2.43. The van der Waals surface area contributed by atoms with Crippen molar-refractivity contribution in [2.24, 2.45) is 0 Å². The van der Waals surface area contributed by atoms with Gasteiger partial charge in [-0.05, 0) is 96.3 Å². The van der Waals surface area contributed by atoms with Gasteiger partial charge >= 0.3 is 19.8 Å². The Morgan fingerprint density at radius 3 is 1.10 bits per heavy atom. The van der Waals surface area contributed by atoms with E-state index in [-0.39, 0.29) is 32.0 Å². The Labute approximate surface area is 481 Å². The second kappa shape index (κ2) is 58.6. The number of nitrogens with zero attached hydrogens (tertiary/aromatic N) is 1. The standard InChI is InChI=1S/C68H120NO8P/c1-6-8-10-12-14-16-18-20-21-22-23-24-25-26-27-28-29-30-31-32-33-34-35-36-37-38-39-40-41-42-43-44-45-46-47-49-51-53-55-57-59-61-68(71)77-66(65-76-78(72,73)75-63-62-69(3,4)5)64-74-67(70)60-58-56-54-52-50-48-19-17-15-13-11-9-7-2/h8,10,14,16-17,19-21,23-24,26-27,29-30,32-33,66H,6-7,9,11-13,15,18,22,25,28,31,34-65H2,1-5H3/p+1/b10-8-,16-14-,19-17-,21-20-,24-23-,27-26-,30-29-,33-32-. The lowest BCUT2D eigenvalue weighted by Gasteiger charge is -2.24. The van der Waals surface area contributed by atoms with Crippen LogP contribution >= 0.6 is 7.82 Å². The zero-order valence-electron chi connectivity index (χ0n) is 51.1. The quantitative estimate of drug-likeness (QED) is 0.0211. The zero-order valence-corrected chi connectivity index (χ0v) is 52.0. The number of allylic oxidation sites excluding steroid dienone is 16. The van der Waals surface area contributed by atoms with Gasteiger partial charge in [-0.1, -0.05) is 259 Å². The fraction of sp³-hybridized carbons (Fsp3) is 0.735. The summed E-state index contributed by atoms with van der Waals surface area (Å²) in [5, 5.41) is 0. The summed E-state index contributed by atoms with van der Waals surface area (Å²) in [6.07, 6.45) is 80.8. The minimum absolute atomic E-state index is 0.0293. The Morgan fingerprint density at radius 1 is 0.410 bits per heavy atom. The Balaban J connectivity index is 3.93. The van der Waals surface area contributed by atoms with Gasteiger partial charge in [-0.3, -0.25) is 18.6 Å². The van der Waals surface area contributed by atoms with Crippen LogP contribution in [0.15, 0.2) is 97.2 Å². The molecule has 0 aromatic carbocycles. The fourth-order valence-corrected chi connectivity index (χ4v) is 9.44. The molecule has 0 amide bonds. The molecule has 0 aliphatic rings. The average Bonchev–Trinajstić information content (AvgIpc) is 3.40. The number of hydrogen-bond acceptors (Lipinski definition) is 7. The maximum absolute atomic E-state index is 12.8. The van der Waals surface area contributed by atoms with E-state index in [0.29, 0.717) is 17.4 Å². The van der Waals surface area contributed by atoms with Crippen molar-refractivity contribution in [3.8, 4) is 0 Å². The molecule has 0 aliphatic carbocycles. The molecule has 10 heteroatoms. The number of quaternary nitrogens is 1.